The maximum atomic E-state index is 12.2. The molecule has 0 unspecified atom stereocenters. The second-order valence-corrected chi connectivity index (χ2v) is 4.85. The number of hydrogen-bond donors (Lipinski definition) is 1. The van der Waals surface area contributed by atoms with E-state index in [2.05, 4.69) is 5.32 Å². The molecule has 1 N–H and O–H groups in total. The molecule has 2 rings (SSSR count). The monoisotopic (exact) mass is 275 g/mol. The van der Waals surface area contributed by atoms with Gasteiger partial charge in [0.25, 0.3) is 0 Å². The number of urea groups is 1. The van der Waals surface area contributed by atoms with E-state index in [1.807, 2.05) is 37.3 Å². The molecule has 0 saturated carbocycles. The molecule has 1 aliphatic rings. The molecule has 0 aliphatic carbocycles. The van der Waals surface area contributed by atoms with E-state index in [9.17, 15) is 9.59 Å². The Hall–Kier alpha value is -2.04. The van der Waals surface area contributed by atoms with Gasteiger partial charge in [0.2, 0.25) is 5.91 Å². The summed E-state index contributed by atoms with van der Waals surface area (Å²) in [5, 5.41) is 2.86. The van der Waals surface area contributed by atoms with Crippen molar-refractivity contribution < 1.29 is 9.59 Å². The smallest absolute Gasteiger partial charge is 0.317 e. The quantitative estimate of drug-likeness (QED) is 0.915. The number of anilines is 1. The van der Waals surface area contributed by atoms with Crippen LogP contribution in [0.2, 0.25) is 0 Å². The van der Waals surface area contributed by atoms with Gasteiger partial charge in [-0.25, -0.2) is 4.79 Å². The Morgan fingerprint density at radius 1 is 1.20 bits per heavy atom. The summed E-state index contributed by atoms with van der Waals surface area (Å²) in [6.07, 6.45) is 1.28. The van der Waals surface area contributed by atoms with Crippen molar-refractivity contribution in [2.45, 2.75) is 19.8 Å². The Labute approximate surface area is 119 Å². The van der Waals surface area contributed by atoms with Crippen LogP contribution in [0.3, 0.4) is 0 Å². The fourth-order valence-electron chi connectivity index (χ4n) is 2.25. The number of amides is 3. The average Bonchev–Trinajstić information content (AvgIpc) is 2.68. The summed E-state index contributed by atoms with van der Waals surface area (Å²) in [7, 11) is 0. The fourth-order valence-corrected chi connectivity index (χ4v) is 2.25. The van der Waals surface area contributed by atoms with Crippen LogP contribution in [0.1, 0.15) is 19.8 Å². The van der Waals surface area contributed by atoms with Crippen molar-refractivity contribution in [3.05, 3.63) is 30.3 Å². The van der Waals surface area contributed by atoms with E-state index in [0.29, 0.717) is 32.6 Å². The Morgan fingerprint density at radius 3 is 2.65 bits per heavy atom. The van der Waals surface area contributed by atoms with Gasteiger partial charge in [0.1, 0.15) is 0 Å². The summed E-state index contributed by atoms with van der Waals surface area (Å²) in [6.45, 7) is 4.28. The van der Waals surface area contributed by atoms with Gasteiger partial charge in [0, 0.05) is 38.3 Å². The third-order valence-electron chi connectivity index (χ3n) is 3.37. The lowest BCUT2D eigenvalue weighted by atomic mass is 10.2. The molecule has 0 aromatic heterocycles. The number of nitrogens with zero attached hydrogens (tertiary/aromatic N) is 2. The van der Waals surface area contributed by atoms with Crippen LogP contribution in [-0.2, 0) is 4.79 Å². The molecule has 0 atom stereocenters. The number of rotatable bonds is 3. The van der Waals surface area contributed by atoms with E-state index in [4.69, 9.17) is 0 Å². The van der Waals surface area contributed by atoms with Gasteiger partial charge in [-0.05, 0) is 18.6 Å². The summed E-state index contributed by atoms with van der Waals surface area (Å²) >= 11 is 0. The molecule has 0 spiro atoms. The van der Waals surface area contributed by atoms with Crippen molar-refractivity contribution >= 4 is 17.6 Å². The fraction of sp³-hybridized carbons (Fsp3) is 0.467. The van der Waals surface area contributed by atoms with Gasteiger partial charge in [-0.1, -0.05) is 25.1 Å². The first-order chi connectivity index (χ1) is 9.72. The number of hydrogen-bond acceptors (Lipinski definition) is 2. The summed E-state index contributed by atoms with van der Waals surface area (Å²) in [4.78, 5) is 27.6. The molecule has 20 heavy (non-hydrogen) atoms. The first-order valence-electron chi connectivity index (χ1n) is 7.10. The van der Waals surface area contributed by atoms with E-state index < -0.39 is 0 Å². The second-order valence-electron chi connectivity index (χ2n) is 4.85. The third-order valence-corrected chi connectivity index (χ3v) is 3.37. The molecule has 108 valence electrons. The molecule has 1 saturated heterocycles. The van der Waals surface area contributed by atoms with Gasteiger partial charge in [0.15, 0.2) is 0 Å². The van der Waals surface area contributed by atoms with Gasteiger partial charge >= 0.3 is 6.03 Å². The molecule has 1 fully saturated rings. The van der Waals surface area contributed by atoms with Crippen molar-refractivity contribution in [2.24, 2.45) is 0 Å². The minimum Gasteiger partial charge on any atom is -0.338 e. The Morgan fingerprint density at radius 2 is 1.95 bits per heavy atom. The molecule has 1 heterocycles. The lowest BCUT2D eigenvalue weighted by Crippen LogP contribution is -2.42. The number of nitrogens with one attached hydrogen (secondary N) is 1. The Kier molecular flexibility index (Phi) is 4.98. The van der Waals surface area contributed by atoms with Gasteiger partial charge in [-0.2, -0.15) is 0 Å². The van der Waals surface area contributed by atoms with Crippen LogP contribution in [0.5, 0.6) is 0 Å². The summed E-state index contributed by atoms with van der Waals surface area (Å²) in [5.41, 5.74) is 0.897. The second kappa shape index (κ2) is 6.93. The number of carbonyl (C=O) groups excluding carboxylic acids is 2. The first-order valence-corrected chi connectivity index (χ1v) is 7.10. The van der Waals surface area contributed by atoms with E-state index in [0.717, 1.165) is 12.1 Å². The molecule has 1 aromatic carbocycles. The lowest BCUT2D eigenvalue weighted by molar-refractivity contribution is -0.118. The predicted molar refractivity (Wildman–Crippen MR) is 78.7 cm³/mol. The molecule has 0 radical (unpaired) electrons. The van der Waals surface area contributed by atoms with Gasteiger partial charge in [0.05, 0.1) is 0 Å². The SMILES string of the molecule is CCCNC(=O)N1CCC(=O)N(c2ccccc2)CC1. The maximum Gasteiger partial charge on any atom is 0.317 e. The molecule has 5 nitrogen and oxygen atoms in total. The van der Waals surface area contributed by atoms with Crippen molar-refractivity contribution in [1.82, 2.24) is 10.2 Å². The van der Waals surface area contributed by atoms with Crippen LogP contribution in [0.25, 0.3) is 0 Å². The minimum atomic E-state index is -0.0745. The van der Waals surface area contributed by atoms with Crippen LogP contribution in [0.15, 0.2) is 30.3 Å². The Balaban J connectivity index is 2.00. The van der Waals surface area contributed by atoms with E-state index in [1.165, 1.54) is 0 Å². The zero-order chi connectivity index (χ0) is 14.4. The first kappa shape index (κ1) is 14.4. The molecular weight excluding hydrogens is 254 g/mol. The average molecular weight is 275 g/mol. The highest BCUT2D eigenvalue weighted by atomic mass is 16.2. The van der Waals surface area contributed by atoms with E-state index >= 15 is 0 Å². The normalized spacial score (nSPS) is 15.9. The zero-order valence-electron chi connectivity index (χ0n) is 11.8. The van der Waals surface area contributed by atoms with Crippen molar-refractivity contribution in [3.63, 3.8) is 0 Å². The molecule has 1 aromatic rings. The lowest BCUT2D eigenvalue weighted by Gasteiger charge is -2.22. The largest absolute Gasteiger partial charge is 0.338 e. The topological polar surface area (TPSA) is 52.7 Å². The number of para-hydroxylation sites is 1. The van der Waals surface area contributed by atoms with Crippen LogP contribution < -0.4 is 10.2 Å². The number of carbonyl (C=O) groups is 2. The van der Waals surface area contributed by atoms with Crippen molar-refractivity contribution in [3.8, 4) is 0 Å². The Bertz CT molecular complexity index is 461. The van der Waals surface area contributed by atoms with Crippen LogP contribution in [0.4, 0.5) is 10.5 Å². The van der Waals surface area contributed by atoms with Crippen molar-refractivity contribution in [1.29, 1.82) is 0 Å². The van der Waals surface area contributed by atoms with Crippen molar-refractivity contribution in [2.75, 3.05) is 31.1 Å². The highest BCUT2D eigenvalue weighted by Gasteiger charge is 2.24. The third kappa shape index (κ3) is 3.50. The van der Waals surface area contributed by atoms with Gasteiger partial charge in [-0.15, -0.1) is 0 Å². The summed E-state index contributed by atoms with van der Waals surface area (Å²) < 4.78 is 0. The van der Waals surface area contributed by atoms with Gasteiger partial charge < -0.3 is 15.1 Å². The molecule has 1 aliphatic heterocycles. The maximum absolute atomic E-state index is 12.2. The zero-order valence-corrected chi connectivity index (χ0v) is 11.8. The van der Waals surface area contributed by atoms with Crippen LogP contribution in [-0.4, -0.2) is 43.0 Å². The van der Waals surface area contributed by atoms with Crippen LogP contribution in [0, 0.1) is 0 Å². The summed E-state index contributed by atoms with van der Waals surface area (Å²) in [5.74, 6) is 0.0713. The molecule has 3 amide bonds. The highest BCUT2D eigenvalue weighted by Crippen LogP contribution is 2.16. The molecule has 0 bridgehead atoms. The molecular formula is C15H21N3O2. The minimum absolute atomic E-state index is 0.0713. The standard InChI is InChI=1S/C15H21N3O2/c1-2-9-16-15(20)17-10-8-14(19)18(12-11-17)13-6-4-3-5-7-13/h3-7H,2,8-12H2,1H3,(H,16,20). The van der Waals surface area contributed by atoms with Gasteiger partial charge in [-0.3, -0.25) is 4.79 Å². The van der Waals surface area contributed by atoms with E-state index in [1.54, 1.807) is 9.80 Å². The van der Waals surface area contributed by atoms with Crippen LogP contribution >= 0.6 is 0 Å². The summed E-state index contributed by atoms with van der Waals surface area (Å²) in [6, 6.07) is 9.53. The molecule has 5 heteroatoms. The van der Waals surface area contributed by atoms with E-state index in [-0.39, 0.29) is 11.9 Å². The highest BCUT2D eigenvalue weighted by molar-refractivity contribution is 5.94. The number of benzene rings is 1. The predicted octanol–water partition coefficient (Wildman–Crippen LogP) is 1.84.